The summed E-state index contributed by atoms with van der Waals surface area (Å²) in [5.41, 5.74) is -2.69. The molecule has 198 valence electrons. The van der Waals surface area contributed by atoms with Gasteiger partial charge >= 0.3 is 0 Å². The van der Waals surface area contributed by atoms with Crippen LogP contribution in [-0.2, 0) is 4.79 Å². The quantitative estimate of drug-likeness (QED) is 0.435. The number of hydrogen-bond acceptors (Lipinski definition) is 5. The van der Waals surface area contributed by atoms with Crippen molar-refractivity contribution < 1.29 is 25.2 Å². The molecule has 3 saturated carbocycles. The van der Waals surface area contributed by atoms with E-state index >= 15 is 0 Å². The molecule has 0 aromatic heterocycles. The van der Waals surface area contributed by atoms with Crippen molar-refractivity contribution in [3.05, 3.63) is 23.8 Å². The molecule has 4 aliphatic rings. The van der Waals surface area contributed by atoms with Gasteiger partial charge in [-0.15, -0.1) is 0 Å². The van der Waals surface area contributed by atoms with Gasteiger partial charge in [0, 0.05) is 23.2 Å². The van der Waals surface area contributed by atoms with Crippen LogP contribution in [0.4, 0.5) is 0 Å². The molecule has 0 amide bonds. The van der Waals surface area contributed by atoms with Crippen LogP contribution in [0.15, 0.2) is 23.8 Å². The van der Waals surface area contributed by atoms with Crippen LogP contribution >= 0.6 is 0 Å². The molecular formula is C30H48O5. The zero-order valence-corrected chi connectivity index (χ0v) is 23.1. The Hall–Kier alpha value is -1.01. The molecule has 35 heavy (non-hydrogen) atoms. The van der Waals surface area contributed by atoms with Crippen LogP contribution in [0.3, 0.4) is 0 Å². The molecule has 0 bridgehead atoms. The second-order valence-corrected chi connectivity index (χ2v) is 14.4. The smallest absolute Gasteiger partial charge is 0.140 e. The summed E-state index contributed by atoms with van der Waals surface area (Å²) >= 11 is 0. The van der Waals surface area contributed by atoms with Gasteiger partial charge in [-0.2, -0.15) is 0 Å². The number of allylic oxidation sites excluding steroid dienone is 1. The fourth-order valence-electron chi connectivity index (χ4n) is 9.31. The maximum Gasteiger partial charge on any atom is 0.140 e. The van der Waals surface area contributed by atoms with Gasteiger partial charge in [0.2, 0.25) is 0 Å². The van der Waals surface area contributed by atoms with Crippen LogP contribution in [-0.4, -0.2) is 49.6 Å². The Kier molecular flexibility index (Phi) is 6.17. The van der Waals surface area contributed by atoms with E-state index in [9.17, 15) is 25.2 Å². The number of hydrogen-bond donors (Lipinski definition) is 4. The minimum atomic E-state index is -1.21. The average Bonchev–Trinajstić information content (AvgIpc) is 2.89. The molecule has 0 aromatic carbocycles. The molecule has 4 N–H and O–H groups in total. The summed E-state index contributed by atoms with van der Waals surface area (Å²) in [6.07, 6.45) is 8.16. The van der Waals surface area contributed by atoms with E-state index in [0.717, 1.165) is 12.8 Å². The molecule has 0 aliphatic heterocycles. The van der Waals surface area contributed by atoms with E-state index < -0.39 is 40.2 Å². The normalized spacial score (nSPS) is 47.0. The van der Waals surface area contributed by atoms with Gasteiger partial charge in [0.15, 0.2) is 0 Å². The standard InChI is InChI=1S/C30H48O5/c1-25(2,34)14-9-15-29(7,35)24-20(31)16-27(5)21-12-10-18-19(11-13-22(32)26(18,3)4)30(21,8)23(33)17-28(24,27)6/h9-10,14,19-22,24,31-32,34-35H,11-13,15-17H2,1-8H3/b14-9+/t19-,20?,21+,22?,24+,27+,28-,29+,30+/m1/s1. The molecular weight excluding hydrogens is 440 g/mol. The first-order valence-corrected chi connectivity index (χ1v) is 13.5. The van der Waals surface area contributed by atoms with E-state index in [1.807, 2.05) is 0 Å². The second kappa shape index (κ2) is 7.99. The highest BCUT2D eigenvalue weighted by Crippen LogP contribution is 2.74. The average molecular weight is 489 g/mol. The summed E-state index contributed by atoms with van der Waals surface area (Å²) < 4.78 is 0. The minimum Gasteiger partial charge on any atom is -0.393 e. The van der Waals surface area contributed by atoms with E-state index in [4.69, 9.17) is 0 Å². The predicted molar refractivity (Wildman–Crippen MR) is 137 cm³/mol. The lowest BCUT2D eigenvalue weighted by atomic mass is 9.38. The van der Waals surface area contributed by atoms with E-state index in [1.54, 1.807) is 32.9 Å². The van der Waals surface area contributed by atoms with E-state index in [-0.39, 0.29) is 28.4 Å². The Bertz CT molecular complexity index is 939. The second-order valence-electron chi connectivity index (χ2n) is 14.4. The molecule has 0 saturated heterocycles. The number of carbonyl (C=O) groups is 1. The number of aliphatic hydroxyl groups is 4. The highest BCUT2D eigenvalue weighted by atomic mass is 16.3. The third kappa shape index (κ3) is 3.74. The van der Waals surface area contributed by atoms with Crippen molar-refractivity contribution in [2.75, 3.05) is 0 Å². The summed E-state index contributed by atoms with van der Waals surface area (Å²) in [5.74, 6) is -0.0227. The van der Waals surface area contributed by atoms with Gasteiger partial charge < -0.3 is 20.4 Å². The number of carbonyl (C=O) groups excluding carboxylic acids is 1. The Morgan fingerprint density at radius 3 is 2.26 bits per heavy atom. The summed E-state index contributed by atoms with van der Waals surface area (Å²) in [6, 6.07) is 0. The lowest BCUT2D eigenvalue weighted by molar-refractivity contribution is -0.180. The van der Waals surface area contributed by atoms with Crippen LogP contribution < -0.4 is 0 Å². The van der Waals surface area contributed by atoms with Crippen LogP contribution in [0.1, 0.15) is 93.9 Å². The van der Waals surface area contributed by atoms with E-state index in [0.29, 0.717) is 25.7 Å². The molecule has 2 unspecified atom stereocenters. The van der Waals surface area contributed by atoms with Gasteiger partial charge in [-0.05, 0) is 75.5 Å². The zero-order chi connectivity index (χ0) is 26.4. The lowest BCUT2D eigenvalue weighted by Crippen LogP contribution is -2.64. The van der Waals surface area contributed by atoms with E-state index in [1.165, 1.54) is 5.57 Å². The third-order valence-corrected chi connectivity index (χ3v) is 11.3. The van der Waals surface area contributed by atoms with Gasteiger partial charge in [-0.1, -0.05) is 58.4 Å². The number of fused-ring (bicyclic) bond motifs is 5. The zero-order valence-electron chi connectivity index (χ0n) is 23.1. The van der Waals surface area contributed by atoms with Crippen LogP contribution in [0, 0.1) is 39.4 Å². The number of ketones is 1. The van der Waals surface area contributed by atoms with Gasteiger partial charge in [-0.3, -0.25) is 4.79 Å². The first kappa shape index (κ1) is 27.0. The van der Waals surface area contributed by atoms with Gasteiger partial charge in [0.1, 0.15) is 5.78 Å². The van der Waals surface area contributed by atoms with Crippen LogP contribution in [0.2, 0.25) is 0 Å². The number of Topliss-reactive ketones (excluding diaryl/α,β-unsaturated/α-hetero) is 1. The highest BCUT2D eigenvalue weighted by molar-refractivity contribution is 5.88. The highest BCUT2D eigenvalue weighted by Gasteiger charge is 2.73. The topological polar surface area (TPSA) is 98.0 Å². The lowest BCUT2D eigenvalue weighted by Gasteiger charge is -2.64. The molecule has 0 aromatic rings. The van der Waals surface area contributed by atoms with Crippen molar-refractivity contribution in [1.82, 2.24) is 0 Å². The van der Waals surface area contributed by atoms with Gasteiger partial charge in [-0.25, -0.2) is 0 Å². The largest absolute Gasteiger partial charge is 0.393 e. The Morgan fingerprint density at radius 2 is 1.66 bits per heavy atom. The molecule has 4 aliphatic carbocycles. The fourth-order valence-corrected chi connectivity index (χ4v) is 9.31. The SMILES string of the molecule is CC(C)(O)/C=C/C[C@](C)(O)[C@H]1C(O)C[C@@]2(C)[C@@H]3CC=C4[C@@H](CCC(O)C4(C)C)[C@]3(C)C(=O)C[C@]12C. The molecule has 5 nitrogen and oxygen atoms in total. The molecule has 0 heterocycles. The van der Waals surface area contributed by atoms with Crippen molar-refractivity contribution in [2.24, 2.45) is 39.4 Å². The van der Waals surface area contributed by atoms with E-state index in [2.05, 4.69) is 40.7 Å². The molecule has 3 fully saturated rings. The minimum absolute atomic E-state index is 0.0726. The summed E-state index contributed by atoms with van der Waals surface area (Å²) in [7, 11) is 0. The maximum absolute atomic E-state index is 14.2. The summed E-state index contributed by atoms with van der Waals surface area (Å²) in [4.78, 5) is 14.2. The van der Waals surface area contributed by atoms with Crippen molar-refractivity contribution in [3.8, 4) is 0 Å². The molecule has 9 atom stereocenters. The Labute approximate surface area is 211 Å². The van der Waals surface area contributed by atoms with Crippen molar-refractivity contribution in [3.63, 3.8) is 0 Å². The summed E-state index contributed by atoms with van der Waals surface area (Å²) in [6.45, 7) is 15.9. The number of aliphatic hydroxyl groups excluding tert-OH is 2. The van der Waals surface area contributed by atoms with Crippen molar-refractivity contribution in [1.29, 1.82) is 0 Å². The third-order valence-electron chi connectivity index (χ3n) is 11.3. The Morgan fingerprint density at radius 1 is 1.03 bits per heavy atom. The predicted octanol–water partition coefficient (Wildman–Crippen LogP) is 4.57. The Balaban J connectivity index is 1.75. The molecule has 0 radical (unpaired) electrons. The van der Waals surface area contributed by atoms with Gasteiger partial charge in [0.25, 0.3) is 0 Å². The molecule has 5 heteroatoms. The first-order valence-electron chi connectivity index (χ1n) is 13.5. The van der Waals surface area contributed by atoms with Crippen LogP contribution in [0.25, 0.3) is 0 Å². The monoisotopic (exact) mass is 488 g/mol. The summed E-state index contributed by atoms with van der Waals surface area (Å²) in [5, 5.41) is 44.0. The van der Waals surface area contributed by atoms with Gasteiger partial charge in [0.05, 0.1) is 23.4 Å². The number of rotatable bonds is 4. The fraction of sp³-hybridized carbons (Fsp3) is 0.833. The maximum atomic E-state index is 14.2. The van der Waals surface area contributed by atoms with Crippen LogP contribution in [0.5, 0.6) is 0 Å². The first-order chi connectivity index (χ1) is 15.8. The molecule has 4 rings (SSSR count). The molecule has 0 spiro atoms. The van der Waals surface area contributed by atoms with Crippen molar-refractivity contribution >= 4 is 5.78 Å². The van der Waals surface area contributed by atoms with Crippen molar-refractivity contribution in [2.45, 2.75) is 117 Å².